The Bertz CT molecular complexity index is 1250. The molecule has 164 valence electrons. The molecule has 6 nitrogen and oxygen atoms in total. The fourth-order valence-electron chi connectivity index (χ4n) is 3.85. The van der Waals surface area contributed by atoms with Crippen LogP contribution in [-0.4, -0.2) is 29.3 Å². The summed E-state index contributed by atoms with van der Waals surface area (Å²) in [5.74, 6) is 0.658. The van der Waals surface area contributed by atoms with Crippen molar-refractivity contribution in [3.8, 4) is 11.5 Å². The summed E-state index contributed by atoms with van der Waals surface area (Å²) in [5, 5.41) is 10.4. The van der Waals surface area contributed by atoms with E-state index >= 15 is 0 Å². The van der Waals surface area contributed by atoms with Crippen molar-refractivity contribution in [1.29, 1.82) is 0 Å². The molecule has 4 aromatic rings. The van der Waals surface area contributed by atoms with Crippen LogP contribution in [0.4, 0.5) is 0 Å². The molecule has 0 aliphatic heterocycles. The fourth-order valence-corrected chi connectivity index (χ4v) is 3.85. The molecule has 0 bridgehead atoms. The summed E-state index contributed by atoms with van der Waals surface area (Å²) in [7, 11) is 1.65. The largest absolute Gasteiger partial charge is 0.497 e. The molecule has 0 aliphatic carbocycles. The van der Waals surface area contributed by atoms with Crippen molar-refractivity contribution >= 4 is 16.9 Å². The molecule has 1 aromatic heterocycles. The third-order valence-electron chi connectivity index (χ3n) is 5.42. The number of ether oxygens (including phenoxy) is 2. The minimum absolute atomic E-state index is 0.286. The van der Waals surface area contributed by atoms with E-state index < -0.39 is 5.97 Å². The molecule has 4 rings (SSSR count). The monoisotopic (exact) mass is 430 g/mol. The van der Waals surface area contributed by atoms with Gasteiger partial charge in [-0.25, -0.2) is 4.79 Å². The van der Waals surface area contributed by atoms with Gasteiger partial charge in [0.25, 0.3) is 0 Å². The maximum Gasteiger partial charge on any atom is 0.335 e. The number of hydrogen-bond acceptors (Lipinski definition) is 4. The number of methoxy groups -OCH3 is 1. The number of aromatic carboxylic acids is 1. The van der Waals surface area contributed by atoms with Crippen molar-refractivity contribution in [2.45, 2.75) is 19.6 Å². The molecule has 0 saturated heterocycles. The van der Waals surface area contributed by atoms with Crippen molar-refractivity contribution in [1.82, 2.24) is 4.57 Å². The first-order valence-electron chi connectivity index (χ1n) is 10.5. The summed E-state index contributed by atoms with van der Waals surface area (Å²) >= 11 is 0. The first-order valence-corrected chi connectivity index (χ1v) is 10.5. The second kappa shape index (κ2) is 9.58. The Morgan fingerprint density at radius 3 is 2.59 bits per heavy atom. The van der Waals surface area contributed by atoms with Crippen LogP contribution in [-0.2, 0) is 19.6 Å². The zero-order valence-electron chi connectivity index (χ0n) is 18.0. The number of aromatic nitrogens is 1. The molecule has 1 heterocycles. The van der Waals surface area contributed by atoms with Gasteiger partial charge in [0.05, 0.1) is 12.7 Å². The first-order chi connectivity index (χ1) is 15.6. The minimum atomic E-state index is -0.925. The maximum absolute atomic E-state index is 11.3. The molecule has 3 aromatic carbocycles. The van der Waals surface area contributed by atoms with Crippen molar-refractivity contribution in [3.63, 3.8) is 0 Å². The number of rotatable bonds is 9. The normalized spacial score (nSPS) is 10.9. The molecule has 0 radical (unpaired) electrons. The molecule has 0 fully saturated rings. The molecule has 0 aliphatic rings. The average Bonchev–Trinajstić information content (AvgIpc) is 3.14. The minimum Gasteiger partial charge on any atom is -0.497 e. The van der Waals surface area contributed by atoms with E-state index in [-0.39, 0.29) is 5.56 Å². The molecule has 0 spiro atoms. The van der Waals surface area contributed by atoms with Crippen LogP contribution in [0.25, 0.3) is 10.9 Å². The van der Waals surface area contributed by atoms with Crippen molar-refractivity contribution < 1.29 is 19.4 Å². The van der Waals surface area contributed by atoms with Crippen LogP contribution in [0.2, 0.25) is 0 Å². The predicted octanol–water partition coefficient (Wildman–Crippen LogP) is 4.48. The van der Waals surface area contributed by atoms with E-state index in [1.165, 1.54) is 0 Å². The Balaban J connectivity index is 1.60. The third kappa shape index (κ3) is 4.76. The lowest BCUT2D eigenvalue weighted by atomic mass is 10.1. The molecule has 32 heavy (non-hydrogen) atoms. The van der Waals surface area contributed by atoms with E-state index in [9.17, 15) is 9.90 Å². The highest BCUT2D eigenvalue weighted by Crippen LogP contribution is 2.28. The van der Waals surface area contributed by atoms with Gasteiger partial charge >= 0.3 is 5.97 Å². The van der Waals surface area contributed by atoms with Crippen LogP contribution in [0.1, 0.15) is 27.0 Å². The number of carboxylic acid groups (broad SMARTS) is 1. The molecule has 0 unspecified atom stereocenters. The van der Waals surface area contributed by atoms with E-state index in [0.717, 1.165) is 45.5 Å². The number of fused-ring (bicyclic) bond motifs is 1. The van der Waals surface area contributed by atoms with Gasteiger partial charge in [0, 0.05) is 23.6 Å². The Morgan fingerprint density at radius 1 is 1.00 bits per heavy atom. The quantitative estimate of drug-likeness (QED) is 0.409. The lowest BCUT2D eigenvalue weighted by molar-refractivity contribution is 0.0696. The van der Waals surface area contributed by atoms with Gasteiger partial charge in [0.15, 0.2) is 0 Å². The lowest BCUT2D eigenvalue weighted by Gasteiger charge is -2.10. The van der Waals surface area contributed by atoms with E-state index in [1.54, 1.807) is 25.3 Å². The highest BCUT2D eigenvalue weighted by Gasteiger charge is 2.11. The summed E-state index contributed by atoms with van der Waals surface area (Å²) in [6, 6.07) is 20.9. The van der Waals surface area contributed by atoms with Gasteiger partial charge in [-0.05, 0) is 72.1 Å². The maximum atomic E-state index is 11.3. The standard InChI is InChI=1S/C26H26N2O4/c1-31-22-7-3-5-19(13-22)17-32-23-8-9-25-24(14-23)21(10-11-27)16-28(25)15-18-4-2-6-20(12-18)26(29)30/h2-9,12-14,16H,10-11,15,17,27H2,1H3,(H,29,30). The highest BCUT2D eigenvalue weighted by molar-refractivity contribution is 5.88. The Hall–Kier alpha value is -3.77. The van der Waals surface area contributed by atoms with Gasteiger partial charge in [-0.15, -0.1) is 0 Å². The molecule has 6 heteroatoms. The summed E-state index contributed by atoms with van der Waals surface area (Å²) in [4.78, 5) is 11.3. The number of carboxylic acids is 1. The Labute approximate surface area is 186 Å². The molecule has 0 atom stereocenters. The summed E-state index contributed by atoms with van der Waals surface area (Å²) in [5.41, 5.74) is 10.3. The van der Waals surface area contributed by atoms with Gasteiger partial charge in [-0.2, -0.15) is 0 Å². The number of carbonyl (C=O) groups is 1. The van der Waals surface area contributed by atoms with Gasteiger partial charge in [0.2, 0.25) is 0 Å². The molecular weight excluding hydrogens is 404 g/mol. The number of hydrogen-bond donors (Lipinski definition) is 2. The fraction of sp³-hybridized carbons (Fsp3) is 0.192. The molecular formula is C26H26N2O4. The van der Waals surface area contributed by atoms with Crippen LogP contribution < -0.4 is 15.2 Å². The smallest absolute Gasteiger partial charge is 0.335 e. The van der Waals surface area contributed by atoms with Gasteiger partial charge in [-0.1, -0.05) is 24.3 Å². The van der Waals surface area contributed by atoms with Crippen LogP contribution in [0.15, 0.2) is 72.9 Å². The summed E-state index contributed by atoms with van der Waals surface area (Å²) < 4.78 is 13.4. The van der Waals surface area contributed by atoms with Crippen molar-refractivity contribution in [2.75, 3.05) is 13.7 Å². The van der Waals surface area contributed by atoms with Crippen molar-refractivity contribution in [2.24, 2.45) is 5.73 Å². The van der Waals surface area contributed by atoms with Gasteiger partial charge < -0.3 is 24.9 Å². The van der Waals surface area contributed by atoms with Crippen LogP contribution in [0, 0.1) is 0 Å². The van der Waals surface area contributed by atoms with Gasteiger partial charge in [-0.3, -0.25) is 0 Å². The topological polar surface area (TPSA) is 86.7 Å². The molecule has 0 amide bonds. The van der Waals surface area contributed by atoms with Crippen LogP contribution in [0.3, 0.4) is 0 Å². The van der Waals surface area contributed by atoms with Crippen molar-refractivity contribution in [3.05, 3.63) is 95.2 Å². The van der Waals surface area contributed by atoms with E-state index in [1.807, 2.05) is 48.5 Å². The van der Waals surface area contributed by atoms with E-state index in [0.29, 0.717) is 19.7 Å². The predicted molar refractivity (Wildman–Crippen MR) is 125 cm³/mol. The first kappa shape index (κ1) is 21.5. The van der Waals surface area contributed by atoms with Crippen LogP contribution in [0.5, 0.6) is 11.5 Å². The SMILES string of the molecule is COc1cccc(COc2ccc3c(c2)c(CCN)cn3Cc2cccc(C(=O)O)c2)c1. The van der Waals surface area contributed by atoms with E-state index in [4.69, 9.17) is 15.2 Å². The second-order valence-corrected chi connectivity index (χ2v) is 7.65. The molecule has 3 N–H and O–H groups in total. The van der Waals surface area contributed by atoms with Gasteiger partial charge in [0.1, 0.15) is 18.1 Å². The number of benzene rings is 3. The number of nitrogens with zero attached hydrogens (tertiary/aromatic N) is 1. The van der Waals surface area contributed by atoms with Crippen LogP contribution >= 0.6 is 0 Å². The Morgan fingerprint density at radius 2 is 1.81 bits per heavy atom. The zero-order valence-corrected chi connectivity index (χ0v) is 18.0. The van der Waals surface area contributed by atoms with E-state index in [2.05, 4.69) is 10.8 Å². The summed E-state index contributed by atoms with van der Waals surface area (Å²) in [6.45, 7) is 1.56. The zero-order chi connectivity index (χ0) is 22.5. The highest BCUT2D eigenvalue weighted by atomic mass is 16.5. The third-order valence-corrected chi connectivity index (χ3v) is 5.42. The average molecular weight is 431 g/mol. The number of nitrogens with two attached hydrogens (primary N) is 1. The lowest BCUT2D eigenvalue weighted by Crippen LogP contribution is -2.03. The molecule has 0 saturated carbocycles. The summed E-state index contributed by atoms with van der Waals surface area (Å²) in [6.07, 6.45) is 2.84. The Kier molecular flexibility index (Phi) is 6.42. The second-order valence-electron chi connectivity index (χ2n) is 7.65.